The van der Waals surface area contributed by atoms with Crippen molar-refractivity contribution in [2.24, 2.45) is 0 Å². The molecule has 3 nitrogen and oxygen atoms in total. The van der Waals surface area contributed by atoms with Crippen molar-refractivity contribution in [1.82, 2.24) is 0 Å². The topological polar surface area (TPSA) is 38.8 Å². The Morgan fingerprint density at radius 2 is 1.29 bits per heavy atom. The van der Waals surface area contributed by atoms with E-state index in [9.17, 15) is 4.79 Å². The van der Waals surface area contributed by atoms with Gasteiger partial charge >= 0.3 is 5.97 Å². The number of esters is 1. The Balaban J connectivity index is 1.86. The summed E-state index contributed by atoms with van der Waals surface area (Å²) in [6.45, 7) is 21.6. The summed E-state index contributed by atoms with van der Waals surface area (Å²) in [4.78, 5) is 13.1. The van der Waals surface area contributed by atoms with Gasteiger partial charge < -0.3 is 9.47 Å². The van der Waals surface area contributed by atoms with E-state index in [0.29, 0.717) is 5.75 Å². The summed E-state index contributed by atoms with van der Waals surface area (Å²) in [5, 5.41) is 0. The summed E-state index contributed by atoms with van der Waals surface area (Å²) in [5.41, 5.74) is 5.37. The lowest BCUT2D eigenvalue weighted by molar-refractivity contribution is -0.135. The number of benzene rings is 2. The Labute approximate surface area is 188 Å². The van der Waals surface area contributed by atoms with Crippen molar-refractivity contribution in [3.05, 3.63) is 64.2 Å². The molecule has 2 aromatic rings. The number of rotatable bonds is 3. The lowest BCUT2D eigenvalue weighted by atomic mass is 9.78. The fourth-order valence-corrected chi connectivity index (χ4v) is 3.87. The summed E-state index contributed by atoms with van der Waals surface area (Å²) >= 11 is 0. The van der Waals surface area contributed by atoms with Gasteiger partial charge in [-0.3, -0.25) is 0 Å². The number of carbonyl (C=O) groups is 1. The molecule has 0 radical (unpaired) electrons. The Morgan fingerprint density at radius 1 is 0.806 bits per heavy atom. The van der Waals surface area contributed by atoms with E-state index < -0.39 is 6.10 Å². The van der Waals surface area contributed by atoms with Crippen LogP contribution in [0, 0.1) is 6.92 Å². The van der Waals surface area contributed by atoms with E-state index >= 15 is 0 Å². The van der Waals surface area contributed by atoms with Gasteiger partial charge in [-0.25, -0.2) is 4.79 Å². The quantitative estimate of drug-likeness (QED) is 0.306. The minimum atomic E-state index is -0.553. The lowest BCUT2D eigenvalue weighted by Crippen LogP contribution is -2.24. The first-order chi connectivity index (χ1) is 14.1. The lowest BCUT2D eigenvalue weighted by Gasteiger charge is -2.29. The predicted molar refractivity (Wildman–Crippen MR) is 127 cm³/mol. The van der Waals surface area contributed by atoms with E-state index in [4.69, 9.17) is 9.47 Å². The number of carbonyl (C=O) groups excluding carboxylic acids is 1. The van der Waals surface area contributed by atoms with Crippen LogP contribution in [0.2, 0.25) is 0 Å². The van der Waals surface area contributed by atoms with Crippen molar-refractivity contribution in [1.29, 1.82) is 0 Å². The standard InChI is InChI=1S/C28H38O3/c1-17-15-20(27(5,6)7)23(21(16-17)28(8,9)10)31-25(29)24-22(30-24)18-11-13-19(14-12-18)26(2,3)4/h11-16,22,24H,1-10H3/t22-,24+/m0/s1. The van der Waals surface area contributed by atoms with Crippen molar-refractivity contribution in [3.63, 3.8) is 0 Å². The normalized spacial score (nSPS) is 19.3. The van der Waals surface area contributed by atoms with Crippen LogP contribution in [0.5, 0.6) is 5.75 Å². The average Bonchev–Trinajstić information content (AvgIpc) is 3.41. The highest BCUT2D eigenvalue weighted by atomic mass is 16.6. The van der Waals surface area contributed by atoms with Gasteiger partial charge in [0.15, 0.2) is 6.10 Å². The maximum atomic E-state index is 13.1. The number of aryl methyl sites for hydroxylation is 1. The van der Waals surface area contributed by atoms with Crippen LogP contribution >= 0.6 is 0 Å². The molecule has 0 unspecified atom stereocenters. The second-order valence-electron chi connectivity index (χ2n) is 12.0. The van der Waals surface area contributed by atoms with Gasteiger partial charge in [0.25, 0.3) is 0 Å². The van der Waals surface area contributed by atoms with Gasteiger partial charge in [0.05, 0.1) is 0 Å². The van der Waals surface area contributed by atoms with Crippen molar-refractivity contribution >= 4 is 5.97 Å². The largest absolute Gasteiger partial charge is 0.424 e. The van der Waals surface area contributed by atoms with Crippen LogP contribution in [0.15, 0.2) is 36.4 Å². The van der Waals surface area contributed by atoms with Crippen LogP contribution in [0.4, 0.5) is 0 Å². The molecule has 0 saturated carbocycles. The molecule has 0 aromatic heterocycles. The van der Waals surface area contributed by atoms with Crippen LogP contribution in [0.25, 0.3) is 0 Å². The van der Waals surface area contributed by atoms with Gasteiger partial charge in [-0.05, 0) is 34.3 Å². The Bertz CT molecular complexity index is 928. The number of epoxide rings is 1. The summed E-state index contributed by atoms with van der Waals surface area (Å²) in [6.07, 6.45) is -0.787. The first-order valence-electron chi connectivity index (χ1n) is 11.2. The van der Waals surface area contributed by atoms with E-state index in [0.717, 1.165) is 16.7 Å². The minimum Gasteiger partial charge on any atom is -0.424 e. The predicted octanol–water partition coefficient (Wildman–Crippen LogP) is 6.93. The van der Waals surface area contributed by atoms with Gasteiger partial charge in [0.1, 0.15) is 11.9 Å². The summed E-state index contributed by atoms with van der Waals surface area (Å²) in [5.74, 6) is 0.373. The van der Waals surface area contributed by atoms with Crippen molar-refractivity contribution < 1.29 is 14.3 Å². The zero-order valence-electron chi connectivity index (χ0n) is 20.8. The first kappa shape index (κ1) is 23.5. The number of hydrogen-bond acceptors (Lipinski definition) is 3. The Morgan fingerprint density at radius 3 is 1.71 bits per heavy atom. The van der Waals surface area contributed by atoms with E-state index in [1.807, 2.05) is 0 Å². The molecule has 1 heterocycles. The smallest absolute Gasteiger partial charge is 0.343 e. The van der Waals surface area contributed by atoms with Crippen LogP contribution < -0.4 is 4.74 Å². The SMILES string of the molecule is Cc1cc(C(C)(C)C)c(OC(=O)[C@@H]2O[C@H]2c2ccc(C(C)(C)C)cc2)c(C(C)(C)C)c1. The van der Waals surface area contributed by atoms with E-state index in [1.165, 1.54) is 11.1 Å². The molecule has 0 amide bonds. The van der Waals surface area contributed by atoms with Gasteiger partial charge in [-0.1, -0.05) is 104 Å². The zero-order chi connectivity index (χ0) is 23.4. The summed E-state index contributed by atoms with van der Waals surface area (Å²) in [6, 6.07) is 12.6. The molecule has 3 heteroatoms. The molecular weight excluding hydrogens is 384 g/mol. The molecule has 31 heavy (non-hydrogen) atoms. The molecule has 0 spiro atoms. The maximum absolute atomic E-state index is 13.1. The third kappa shape index (κ3) is 5.20. The molecule has 1 saturated heterocycles. The van der Waals surface area contributed by atoms with Gasteiger partial charge in [0, 0.05) is 11.1 Å². The van der Waals surface area contributed by atoms with Gasteiger partial charge in [0.2, 0.25) is 0 Å². The average molecular weight is 423 g/mol. The molecule has 3 rings (SSSR count). The molecule has 2 aromatic carbocycles. The fourth-order valence-electron chi connectivity index (χ4n) is 3.87. The maximum Gasteiger partial charge on any atom is 0.343 e. The van der Waals surface area contributed by atoms with E-state index in [2.05, 4.69) is 106 Å². The van der Waals surface area contributed by atoms with Crippen molar-refractivity contribution in [3.8, 4) is 5.75 Å². The molecule has 1 fully saturated rings. The molecule has 2 atom stereocenters. The van der Waals surface area contributed by atoms with E-state index in [1.54, 1.807) is 0 Å². The highest BCUT2D eigenvalue weighted by molar-refractivity contribution is 5.81. The van der Waals surface area contributed by atoms with Crippen LogP contribution in [-0.2, 0) is 25.8 Å². The Kier molecular flexibility index (Phi) is 5.90. The monoisotopic (exact) mass is 422 g/mol. The van der Waals surface area contributed by atoms with Crippen molar-refractivity contribution in [2.75, 3.05) is 0 Å². The minimum absolute atomic E-state index is 0.0967. The van der Waals surface area contributed by atoms with Crippen LogP contribution in [-0.4, -0.2) is 12.1 Å². The van der Waals surface area contributed by atoms with Gasteiger partial charge in [-0.15, -0.1) is 0 Å². The fraction of sp³-hybridized carbons (Fsp3) is 0.536. The van der Waals surface area contributed by atoms with Crippen LogP contribution in [0.1, 0.15) is 96.2 Å². The highest BCUT2D eigenvalue weighted by Gasteiger charge is 2.48. The molecule has 0 bridgehead atoms. The highest BCUT2D eigenvalue weighted by Crippen LogP contribution is 2.44. The number of ether oxygens (including phenoxy) is 2. The molecule has 0 aliphatic carbocycles. The molecule has 0 N–H and O–H groups in total. The summed E-state index contributed by atoms with van der Waals surface area (Å²) < 4.78 is 11.8. The Hall–Kier alpha value is -2.13. The third-order valence-corrected chi connectivity index (χ3v) is 5.88. The molecular formula is C28H38O3. The van der Waals surface area contributed by atoms with Crippen LogP contribution in [0.3, 0.4) is 0 Å². The number of hydrogen-bond donors (Lipinski definition) is 0. The van der Waals surface area contributed by atoms with Crippen molar-refractivity contribution in [2.45, 2.75) is 97.7 Å². The molecule has 1 aliphatic heterocycles. The second-order valence-corrected chi connectivity index (χ2v) is 12.0. The molecule has 1 aliphatic rings. The second kappa shape index (κ2) is 7.78. The molecule has 168 valence electrons. The van der Waals surface area contributed by atoms with Gasteiger partial charge in [-0.2, -0.15) is 0 Å². The first-order valence-corrected chi connectivity index (χ1v) is 11.2. The third-order valence-electron chi connectivity index (χ3n) is 5.88. The van der Waals surface area contributed by atoms with E-state index in [-0.39, 0.29) is 28.3 Å². The zero-order valence-corrected chi connectivity index (χ0v) is 20.8. The summed E-state index contributed by atoms with van der Waals surface area (Å²) in [7, 11) is 0.